The lowest BCUT2D eigenvalue weighted by Gasteiger charge is -2.42. The molecule has 0 spiro atoms. The van der Waals surface area contributed by atoms with Gasteiger partial charge in [-0.25, -0.2) is 0 Å². The van der Waals surface area contributed by atoms with Gasteiger partial charge >= 0.3 is 6.18 Å². The second-order valence-corrected chi connectivity index (χ2v) is 6.17. The van der Waals surface area contributed by atoms with Crippen molar-refractivity contribution in [2.75, 3.05) is 19.6 Å². The van der Waals surface area contributed by atoms with Crippen LogP contribution < -0.4 is 5.32 Å². The second kappa shape index (κ2) is 6.00. The van der Waals surface area contributed by atoms with Crippen molar-refractivity contribution >= 4 is 0 Å². The van der Waals surface area contributed by atoms with Gasteiger partial charge in [0, 0.05) is 31.7 Å². The molecule has 3 unspecified atom stereocenters. The molecular formula is C14H25F3N2. The maximum absolute atomic E-state index is 12.4. The smallest absolute Gasteiger partial charge is 0.311 e. The molecule has 1 aliphatic heterocycles. The first-order valence-corrected chi connectivity index (χ1v) is 7.45. The third-order valence-electron chi connectivity index (χ3n) is 4.67. The standard InChI is InChI=1S/C14H25F3N2/c1-3-10(2)12-9-19(7-6-14(15,16)17)13(8-18-12)11-4-5-11/h10-13,18H,3-9H2,1-2H3. The van der Waals surface area contributed by atoms with E-state index in [0.717, 1.165) is 19.5 Å². The minimum absolute atomic E-state index is 0.166. The minimum Gasteiger partial charge on any atom is -0.311 e. The number of hydrogen-bond donors (Lipinski definition) is 1. The van der Waals surface area contributed by atoms with Crippen molar-refractivity contribution in [2.24, 2.45) is 11.8 Å². The Labute approximate surface area is 113 Å². The first-order chi connectivity index (χ1) is 8.90. The molecule has 2 rings (SSSR count). The monoisotopic (exact) mass is 278 g/mol. The Morgan fingerprint density at radius 2 is 2.00 bits per heavy atom. The Balaban J connectivity index is 1.92. The average molecular weight is 278 g/mol. The Bertz CT molecular complexity index is 289. The number of nitrogens with zero attached hydrogens (tertiary/aromatic N) is 1. The van der Waals surface area contributed by atoms with Crippen molar-refractivity contribution in [3.05, 3.63) is 0 Å². The summed E-state index contributed by atoms with van der Waals surface area (Å²) in [6.45, 7) is 6.11. The van der Waals surface area contributed by atoms with Crippen LogP contribution in [0.1, 0.15) is 39.5 Å². The molecule has 1 aliphatic carbocycles. The van der Waals surface area contributed by atoms with E-state index in [2.05, 4.69) is 24.1 Å². The summed E-state index contributed by atoms with van der Waals surface area (Å²) in [7, 11) is 0. The molecule has 0 aromatic rings. The van der Waals surface area contributed by atoms with E-state index in [9.17, 15) is 13.2 Å². The number of alkyl halides is 3. The van der Waals surface area contributed by atoms with E-state index >= 15 is 0 Å². The highest BCUT2D eigenvalue weighted by atomic mass is 19.4. The van der Waals surface area contributed by atoms with E-state index in [4.69, 9.17) is 0 Å². The third kappa shape index (κ3) is 4.35. The molecule has 2 aliphatic rings. The van der Waals surface area contributed by atoms with Crippen molar-refractivity contribution in [1.82, 2.24) is 10.2 Å². The zero-order chi connectivity index (χ0) is 14.0. The highest BCUT2D eigenvalue weighted by Crippen LogP contribution is 2.37. The van der Waals surface area contributed by atoms with Gasteiger partial charge in [-0.1, -0.05) is 20.3 Å². The highest BCUT2D eigenvalue weighted by molar-refractivity contribution is 4.96. The number of nitrogens with one attached hydrogen (secondary N) is 1. The molecule has 2 nitrogen and oxygen atoms in total. The van der Waals surface area contributed by atoms with Crippen molar-refractivity contribution in [3.8, 4) is 0 Å². The lowest BCUT2D eigenvalue weighted by atomic mass is 9.94. The number of halogens is 3. The van der Waals surface area contributed by atoms with Gasteiger partial charge in [-0.05, 0) is 24.7 Å². The molecule has 2 fully saturated rings. The van der Waals surface area contributed by atoms with Gasteiger partial charge in [-0.2, -0.15) is 13.2 Å². The Kier molecular flexibility index (Phi) is 4.77. The van der Waals surface area contributed by atoms with Crippen LogP contribution in [0.2, 0.25) is 0 Å². The number of hydrogen-bond acceptors (Lipinski definition) is 2. The second-order valence-electron chi connectivity index (χ2n) is 6.17. The van der Waals surface area contributed by atoms with Gasteiger partial charge in [0.2, 0.25) is 0 Å². The molecule has 1 N–H and O–H groups in total. The van der Waals surface area contributed by atoms with Crippen molar-refractivity contribution in [2.45, 2.75) is 57.8 Å². The van der Waals surface area contributed by atoms with Crippen LogP contribution in [0.3, 0.4) is 0 Å². The van der Waals surface area contributed by atoms with E-state index in [-0.39, 0.29) is 6.54 Å². The molecule has 0 amide bonds. The van der Waals surface area contributed by atoms with Gasteiger partial charge in [-0.3, -0.25) is 4.90 Å². The molecule has 0 aromatic carbocycles. The summed E-state index contributed by atoms with van der Waals surface area (Å²) >= 11 is 0. The lowest BCUT2D eigenvalue weighted by Crippen LogP contribution is -2.59. The SMILES string of the molecule is CCC(C)C1CN(CCC(F)(F)F)C(C2CC2)CN1. The summed E-state index contributed by atoms with van der Waals surface area (Å²) in [5.74, 6) is 1.15. The first kappa shape index (κ1) is 15.1. The minimum atomic E-state index is -4.04. The Morgan fingerprint density at radius 1 is 1.32 bits per heavy atom. The fraction of sp³-hybridized carbons (Fsp3) is 1.00. The topological polar surface area (TPSA) is 15.3 Å². The molecule has 1 saturated heterocycles. The highest BCUT2D eigenvalue weighted by Gasteiger charge is 2.40. The van der Waals surface area contributed by atoms with Crippen LogP contribution in [-0.4, -0.2) is 42.8 Å². The van der Waals surface area contributed by atoms with E-state index < -0.39 is 12.6 Å². The molecule has 19 heavy (non-hydrogen) atoms. The molecule has 112 valence electrons. The summed E-state index contributed by atoms with van der Waals surface area (Å²) in [6, 6.07) is 0.663. The Hall–Kier alpha value is -0.290. The summed E-state index contributed by atoms with van der Waals surface area (Å²) in [6.07, 6.45) is -1.28. The van der Waals surface area contributed by atoms with Gasteiger partial charge in [0.05, 0.1) is 6.42 Å². The van der Waals surface area contributed by atoms with E-state index in [0.29, 0.717) is 23.9 Å². The summed E-state index contributed by atoms with van der Waals surface area (Å²) in [4.78, 5) is 2.10. The molecule has 5 heteroatoms. The van der Waals surface area contributed by atoms with Gasteiger partial charge in [0.25, 0.3) is 0 Å². The summed E-state index contributed by atoms with van der Waals surface area (Å²) in [5.41, 5.74) is 0. The predicted octanol–water partition coefficient (Wildman–Crippen LogP) is 3.04. The van der Waals surface area contributed by atoms with Gasteiger partial charge < -0.3 is 5.32 Å². The number of piperazine rings is 1. The normalized spacial score (nSPS) is 31.4. The summed E-state index contributed by atoms with van der Waals surface area (Å²) in [5, 5.41) is 3.55. The van der Waals surface area contributed by atoms with Gasteiger partial charge in [-0.15, -0.1) is 0 Å². The van der Waals surface area contributed by atoms with Crippen molar-refractivity contribution < 1.29 is 13.2 Å². The predicted molar refractivity (Wildman–Crippen MR) is 70.0 cm³/mol. The quantitative estimate of drug-likeness (QED) is 0.831. The van der Waals surface area contributed by atoms with Crippen LogP contribution in [0.15, 0.2) is 0 Å². The molecular weight excluding hydrogens is 253 g/mol. The van der Waals surface area contributed by atoms with Crippen LogP contribution in [-0.2, 0) is 0 Å². The maximum atomic E-state index is 12.4. The van der Waals surface area contributed by atoms with Gasteiger partial charge in [0.1, 0.15) is 0 Å². The van der Waals surface area contributed by atoms with Crippen LogP contribution in [0, 0.1) is 11.8 Å². The zero-order valence-electron chi connectivity index (χ0n) is 11.8. The average Bonchev–Trinajstić information content (AvgIpc) is 3.18. The fourth-order valence-corrected chi connectivity index (χ4v) is 2.99. The van der Waals surface area contributed by atoms with E-state index in [1.54, 1.807) is 0 Å². The summed E-state index contributed by atoms with van der Waals surface area (Å²) < 4.78 is 37.3. The molecule has 1 heterocycles. The first-order valence-electron chi connectivity index (χ1n) is 7.45. The molecule has 3 atom stereocenters. The van der Waals surface area contributed by atoms with Crippen molar-refractivity contribution in [1.29, 1.82) is 0 Å². The molecule has 0 radical (unpaired) electrons. The lowest BCUT2D eigenvalue weighted by molar-refractivity contribution is -0.140. The van der Waals surface area contributed by atoms with Crippen LogP contribution >= 0.6 is 0 Å². The molecule has 0 aromatic heterocycles. The van der Waals surface area contributed by atoms with E-state index in [1.165, 1.54) is 12.8 Å². The van der Waals surface area contributed by atoms with Crippen LogP contribution in [0.5, 0.6) is 0 Å². The molecule has 1 saturated carbocycles. The van der Waals surface area contributed by atoms with Crippen molar-refractivity contribution in [3.63, 3.8) is 0 Å². The van der Waals surface area contributed by atoms with E-state index in [1.807, 2.05) is 0 Å². The molecule has 0 bridgehead atoms. The maximum Gasteiger partial charge on any atom is 0.390 e. The number of rotatable bonds is 5. The zero-order valence-corrected chi connectivity index (χ0v) is 11.8. The Morgan fingerprint density at radius 3 is 2.53 bits per heavy atom. The van der Waals surface area contributed by atoms with Gasteiger partial charge in [0.15, 0.2) is 0 Å². The third-order valence-corrected chi connectivity index (χ3v) is 4.67. The largest absolute Gasteiger partial charge is 0.390 e. The fourth-order valence-electron chi connectivity index (χ4n) is 2.99. The van der Waals surface area contributed by atoms with Crippen LogP contribution in [0.25, 0.3) is 0 Å². The van der Waals surface area contributed by atoms with Crippen LogP contribution in [0.4, 0.5) is 13.2 Å².